The Labute approximate surface area is 160 Å². The summed E-state index contributed by atoms with van der Waals surface area (Å²) < 4.78 is 35.4. The topological polar surface area (TPSA) is 79.3 Å². The number of carbonyl (C=O) groups is 1. The van der Waals surface area contributed by atoms with E-state index in [1.54, 1.807) is 35.2 Å². The average molecular weight is 391 g/mol. The predicted octanol–water partition coefficient (Wildman–Crippen LogP) is 2.35. The van der Waals surface area contributed by atoms with Crippen LogP contribution in [0, 0.1) is 0 Å². The van der Waals surface area contributed by atoms with Crippen molar-refractivity contribution in [3.63, 3.8) is 0 Å². The molecule has 1 atom stereocenters. The van der Waals surface area contributed by atoms with Crippen LogP contribution in [0.3, 0.4) is 0 Å². The lowest BCUT2D eigenvalue weighted by Crippen LogP contribution is -2.47. The number of hydrogen-bond donors (Lipinski definition) is 0. The molecule has 0 saturated carbocycles. The number of amides is 1. The monoisotopic (exact) mass is 391 g/mol. The molecule has 0 aliphatic carbocycles. The molecule has 3 rings (SSSR count). The van der Waals surface area contributed by atoms with E-state index in [9.17, 15) is 13.2 Å². The summed E-state index contributed by atoms with van der Waals surface area (Å²) in [5.74, 6) is 0.235. The van der Waals surface area contributed by atoms with Gasteiger partial charge < -0.3 is 9.64 Å². The van der Waals surface area contributed by atoms with E-state index in [1.165, 1.54) is 14.2 Å². The zero-order chi connectivity index (χ0) is 19.6. The summed E-state index contributed by atoms with van der Waals surface area (Å²) in [5, 5.41) is 0. The smallest absolute Gasteiger partial charge is 0.345 e. The van der Waals surface area contributed by atoms with Crippen LogP contribution in [0.1, 0.15) is 38.2 Å². The van der Waals surface area contributed by atoms with Gasteiger partial charge >= 0.3 is 10.2 Å². The molecule has 1 aromatic rings. The molecule has 2 aliphatic rings. The van der Waals surface area contributed by atoms with Crippen LogP contribution in [0.5, 0.6) is 5.75 Å². The lowest BCUT2D eigenvalue weighted by molar-refractivity contribution is -0.131. The number of methoxy groups -OCH3 is 1. The van der Waals surface area contributed by atoms with Gasteiger partial charge in [0, 0.05) is 25.2 Å². The van der Waals surface area contributed by atoms with Gasteiger partial charge in [0.05, 0.1) is 12.8 Å². The molecule has 1 fully saturated rings. The van der Waals surface area contributed by atoms with Crippen LogP contribution in [0.4, 0.5) is 0 Å². The van der Waals surface area contributed by atoms with Gasteiger partial charge in [0.1, 0.15) is 11.4 Å². The van der Waals surface area contributed by atoms with E-state index in [2.05, 4.69) is 4.40 Å². The number of rotatable bonds is 4. The molecule has 0 aromatic heterocycles. The highest BCUT2D eigenvalue weighted by atomic mass is 32.2. The fourth-order valence-electron chi connectivity index (χ4n) is 3.58. The first-order chi connectivity index (χ1) is 12.9. The van der Waals surface area contributed by atoms with Gasteiger partial charge in [-0.15, -0.1) is 4.40 Å². The summed E-state index contributed by atoms with van der Waals surface area (Å²) in [5.41, 5.74) is 0.859. The molecule has 0 radical (unpaired) electrons. The maximum atomic E-state index is 13.2. The fraction of sp³-hybridized carbons (Fsp3) is 0.474. The minimum atomic E-state index is -3.99. The number of para-hydroxylation sites is 1. The number of carbonyl (C=O) groups excluding carboxylic acids is 1. The van der Waals surface area contributed by atoms with Crippen molar-refractivity contribution in [2.75, 3.05) is 20.7 Å². The molecule has 2 heterocycles. The molecule has 1 amide bonds. The number of likely N-dealkylation sites (N-methyl/N-ethyl adjacent to an activating group) is 1. The minimum Gasteiger partial charge on any atom is -0.496 e. The Morgan fingerprint density at radius 1 is 1.30 bits per heavy atom. The second-order valence-corrected chi connectivity index (χ2v) is 8.33. The summed E-state index contributed by atoms with van der Waals surface area (Å²) in [6.07, 6.45) is 5.35. The molecule has 0 N–H and O–H groups in total. The van der Waals surface area contributed by atoms with Crippen LogP contribution in [0.15, 0.2) is 40.4 Å². The molecule has 146 valence electrons. The van der Waals surface area contributed by atoms with E-state index in [-0.39, 0.29) is 23.4 Å². The number of ether oxygens (including phenoxy) is 1. The number of nitrogens with zero attached hydrogens (tertiary/aromatic N) is 3. The van der Waals surface area contributed by atoms with E-state index >= 15 is 0 Å². The number of allylic oxidation sites excluding steroid dienone is 1. The molecule has 1 aromatic carbocycles. The molecule has 2 aliphatic heterocycles. The highest BCUT2D eigenvalue weighted by Gasteiger charge is 2.35. The third-order valence-corrected chi connectivity index (χ3v) is 6.45. The van der Waals surface area contributed by atoms with Gasteiger partial charge in [0.25, 0.3) is 5.91 Å². The third-order valence-electron chi connectivity index (χ3n) is 5.13. The van der Waals surface area contributed by atoms with Crippen molar-refractivity contribution < 1.29 is 17.9 Å². The maximum absolute atomic E-state index is 13.2. The Kier molecular flexibility index (Phi) is 5.55. The van der Waals surface area contributed by atoms with Gasteiger partial charge in [-0.1, -0.05) is 19.1 Å². The molecule has 27 heavy (non-hydrogen) atoms. The first-order valence-electron chi connectivity index (χ1n) is 9.14. The Balaban J connectivity index is 2.04. The van der Waals surface area contributed by atoms with Crippen molar-refractivity contribution in [2.45, 2.75) is 38.6 Å². The largest absolute Gasteiger partial charge is 0.496 e. The van der Waals surface area contributed by atoms with E-state index < -0.39 is 10.2 Å². The Morgan fingerprint density at radius 3 is 2.74 bits per heavy atom. The summed E-state index contributed by atoms with van der Waals surface area (Å²) in [7, 11) is -1.11. The zero-order valence-corrected chi connectivity index (χ0v) is 16.7. The molecule has 1 saturated heterocycles. The maximum Gasteiger partial charge on any atom is 0.345 e. The lowest BCUT2D eigenvalue weighted by atomic mass is 9.99. The van der Waals surface area contributed by atoms with E-state index in [4.69, 9.17) is 4.74 Å². The van der Waals surface area contributed by atoms with E-state index in [1.807, 2.05) is 6.92 Å². The SMILES string of the molecule is CCC1CCCCN1C(=O)C1=CC(c2ccccc2OC)=NS(=O)(=O)N1C. The van der Waals surface area contributed by atoms with Gasteiger partial charge in [-0.3, -0.25) is 4.79 Å². The number of likely N-dealkylation sites (tertiary alicyclic amines) is 1. The van der Waals surface area contributed by atoms with Gasteiger partial charge in [-0.25, -0.2) is 4.31 Å². The van der Waals surface area contributed by atoms with Gasteiger partial charge in [-0.2, -0.15) is 8.42 Å². The van der Waals surface area contributed by atoms with Crippen LogP contribution in [-0.2, 0) is 15.0 Å². The molecule has 0 bridgehead atoms. The van der Waals surface area contributed by atoms with Crippen LogP contribution in [0.2, 0.25) is 0 Å². The summed E-state index contributed by atoms with van der Waals surface area (Å²) in [4.78, 5) is 15.0. The van der Waals surface area contributed by atoms with Crippen LogP contribution in [-0.4, -0.2) is 56.0 Å². The Bertz CT molecular complexity index is 892. The summed E-state index contributed by atoms with van der Waals surface area (Å²) in [6.45, 7) is 2.69. The molecule has 0 spiro atoms. The van der Waals surface area contributed by atoms with Crippen LogP contribution >= 0.6 is 0 Å². The van der Waals surface area contributed by atoms with Gasteiger partial charge in [0.15, 0.2) is 0 Å². The summed E-state index contributed by atoms with van der Waals surface area (Å²) in [6, 6.07) is 7.17. The minimum absolute atomic E-state index is 0.117. The third kappa shape index (κ3) is 3.71. The van der Waals surface area contributed by atoms with Crippen LogP contribution in [0.25, 0.3) is 0 Å². The normalized spacial score (nSPS) is 22.1. The van der Waals surface area contributed by atoms with Crippen LogP contribution < -0.4 is 4.74 Å². The average Bonchev–Trinajstić information content (AvgIpc) is 2.69. The molecule has 8 heteroatoms. The van der Waals surface area contributed by atoms with Crippen molar-refractivity contribution in [2.24, 2.45) is 4.40 Å². The van der Waals surface area contributed by atoms with E-state index in [0.717, 1.165) is 30.0 Å². The first kappa shape index (κ1) is 19.4. The van der Waals surface area contributed by atoms with E-state index in [0.29, 0.717) is 17.9 Å². The fourth-order valence-corrected chi connectivity index (χ4v) is 4.48. The summed E-state index contributed by atoms with van der Waals surface area (Å²) >= 11 is 0. The second kappa shape index (κ2) is 7.72. The van der Waals surface area contributed by atoms with Crippen molar-refractivity contribution in [1.29, 1.82) is 0 Å². The Hall–Kier alpha value is -2.35. The second-order valence-electron chi connectivity index (χ2n) is 6.71. The van der Waals surface area contributed by atoms with Crippen molar-refractivity contribution in [3.05, 3.63) is 41.6 Å². The van der Waals surface area contributed by atoms with Crippen molar-refractivity contribution in [3.8, 4) is 5.75 Å². The lowest BCUT2D eigenvalue weighted by Gasteiger charge is -2.37. The highest BCUT2D eigenvalue weighted by Crippen LogP contribution is 2.28. The quantitative estimate of drug-likeness (QED) is 0.789. The van der Waals surface area contributed by atoms with Gasteiger partial charge in [0.2, 0.25) is 0 Å². The molecule has 7 nitrogen and oxygen atoms in total. The molecular formula is C19H25N3O4S. The van der Waals surface area contributed by atoms with Crippen molar-refractivity contribution in [1.82, 2.24) is 9.21 Å². The standard InChI is InChI=1S/C19H25N3O4S/c1-4-14-9-7-8-12-22(14)19(23)17-13-16(20-27(24,25)21(17)2)15-10-5-6-11-18(15)26-3/h5-6,10-11,13-14H,4,7-9,12H2,1-3H3. The Morgan fingerprint density at radius 2 is 2.04 bits per heavy atom. The highest BCUT2D eigenvalue weighted by molar-refractivity contribution is 7.88. The first-order valence-corrected chi connectivity index (χ1v) is 10.5. The number of benzene rings is 1. The number of hydrogen-bond acceptors (Lipinski definition) is 4. The zero-order valence-electron chi connectivity index (χ0n) is 15.9. The molecular weight excluding hydrogens is 366 g/mol. The van der Waals surface area contributed by atoms with Gasteiger partial charge in [-0.05, 0) is 43.9 Å². The number of piperidine rings is 1. The predicted molar refractivity (Wildman–Crippen MR) is 104 cm³/mol. The molecule has 1 unspecified atom stereocenters. The van der Waals surface area contributed by atoms with Crippen molar-refractivity contribution >= 4 is 21.8 Å².